The van der Waals surface area contributed by atoms with Crippen LogP contribution in [-0.2, 0) is 6.54 Å². The number of nitrogens with one attached hydrogen (secondary N) is 1. The molecule has 8 heteroatoms. The minimum Gasteiger partial charge on any atom is -0.396 e. The summed E-state index contributed by atoms with van der Waals surface area (Å²) in [5.74, 6) is -0.0364. The third-order valence-electron chi connectivity index (χ3n) is 2.08. The fourth-order valence-electron chi connectivity index (χ4n) is 1.28. The normalized spacial score (nSPS) is 10.5. The Balaban J connectivity index is 2.16. The first-order valence-electron chi connectivity index (χ1n) is 5.04. The molecule has 0 saturated carbocycles. The third-order valence-corrected chi connectivity index (χ3v) is 2.08. The van der Waals surface area contributed by atoms with Crippen molar-refractivity contribution in [2.24, 2.45) is 0 Å². The van der Waals surface area contributed by atoms with Crippen molar-refractivity contribution in [3.8, 4) is 0 Å². The van der Waals surface area contributed by atoms with E-state index < -0.39 is 5.91 Å². The minimum atomic E-state index is -0.474. The predicted octanol–water partition coefficient (Wildman–Crippen LogP) is 0.429. The predicted molar refractivity (Wildman–Crippen MR) is 59.3 cm³/mol. The standard InChI is InChI=1S/C9H12N6O2/c1-3-15-4-6(10)7(13-15)8(16)12-9-11-5(2)14-17-9/h4H,3,10H2,1-2H3,(H,11,12,14,16). The average Bonchev–Trinajstić information content (AvgIpc) is 2.85. The van der Waals surface area contributed by atoms with Gasteiger partial charge < -0.3 is 10.3 Å². The molecule has 0 aliphatic carbocycles. The molecule has 3 N–H and O–H groups in total. The molecular weight excluding hydrogens is 224 g/mol. The molecule has 0 aliphatic rings. The van der Waals surface area contributed by atoms with Gasteiger partial charge in [0.2, 0.25) is 0 Å². The van der Waals surface area contributed by atoms with Crippen molar-refractivity contribution >= 4 is 17.6 Å². The van der Waals surface area contributed by atoms with E-state index in [1.807, 2.05) is 6.92 Å². The zero-order valence-corrected chi connectivity index (χ0v) is 9.47. The van der Waals surface area contributed by atoms with Crippen molar-refractivity contribution in [1.82, 2.24) is 19.9 Å². The second-order valence-electron chi connectivity index (χ2n) is 3.39. The number of carbonyl (C=O) groups is 1. The fourth-order valence-corrected chi connectivity index (χ4v) is 1.28. The van der Waals surface area contributed by atoms with Gasteiger partial charge in [-0.1, -0.05) is 5.16 Å². The zero-order valence-electron chi connectivity index (χ0n) is 9.47. The summed E-state index contributed by atoms with van der Waals surface area (Å²) >= 11 is 0. The van der Waals surface area contributed by atoms with Gasteiger partial charge in [-0.2, -0.15) is 10.1 Å². The van der Waals surface area contributed by atoms with Crippen molar-refractivity contribution in [2.45, 2.75) is 20.4 Å². The molecule has 1 amide bonds. The molecule has 90 valence electrons. The monoisotopic (exact) mass is 236 g/mol. The van der Waals surface area contributed by atoms with E-state index in [4.69, 9.17) is 10.3 Å². The largest absolute Gasteiger partial charge is 0.396 e. The second-order valence-corrected chi connectivity index (χ2v) is 3.39. The van der Waals surface area contributed by atoms with E-state index in [1.165, 1.54) is 0 Å². The van der Waals surface area contributed by atoms with Crippen molar-refractivity contribution in [3.63, 3.8) is 0 Å². The molecule has 2 heterocycles. The number of rotatable bonds is 3. The summed E-state index contributed by atoms with van der Waals surface area (Å²) in [6, 6.07) is 0.0259. The van der Waals surface area contributed by atoms with E-state index in [2.05, 4.69) is 20.6 Å². The zero-order chi connectivity index (χ0) is 12.4. The lowest BCUT2D eigenvalue weighted by molar-refractivity contribution is 0.101. The van der Waals surface area contributed by atoms with Gasteiger partial charge in [0.05, 0.1) is 5.69 Å². The highest BCUT2D eigenvalue weighted by atomic mass is 16.5. The number of nitrogens with zero attached hydrogens (tertiary/aromatic N) is 4. The molecule has 2 aromatic rings. The maximum Gasteiger partial charge on any atom is 0.328 e. The fraction of sp³-hybridized carbons (Fsp3) is 0.333. The summed E-state index contributed by atoms with van der Waals surface area (Å²) < 4.78 is 6.33. The van der Waals surface area contributed by atoms with Crippen LogP contribution in [0.4, 0.5) is 11.7 Å². The van der Waals surface area contributed by atoms with Crippen LogP contribution < -0.4 is 11.1 Å². The van der Waals surface area contributed by atoms with Gasteiger partial charge >= 0.3 is 6.01 Å². The lowest BCUT2D eigenvalue weighted by atomic mass is 10.3. The molecule has 8 nitrogen and oxygen atoms in total. The van der Waals surface area contributed by atoms with Gasteiger partial charge in [0.25, 0.3) is 5.91 Å². The van der Waals surface area contributed by atoms with Gasteiger partial charge in [-0.25, -0.2) is 0 Å². The lowest BCUT2D eigenvalue weighted by Gasteiger charge is -1.96. The summed E-state index contributed by atoms with van der Waals surface area (Å²) in [6.45, 7) is 4.19. The number of nitrogen functional groups attached to an aromatic ring is 1. The van der Waals surface area contributed by atoms with Crippen LogP contribution in [0.3, 0.4) is 0 Å². The summed E-state index contributed by atoms with van der Waals surface area (Å²) in [4.78, 5) is 15.6. The topological polar surface area (TPSA) is 112 Å². The molecule has 0 atom stereocenters. The molecule has 0 spiro atoms. The van der Waals surface area contributed by atoms with Gasteiger partial charge in [-0.05, 0) is 13.8 Å². The van der Waals surface area contributed by atoms with Crippen LogP contribution in [0.1, 0.15) is 23.2 Å². The Labute approximate surface area is 96.8 Å². The molecule has 17 heavy (non-hydrogen) atoms. The molecule has 2 rings (SSSR count). The van der Waals surface area contributed by atoms with Gasteiger partial charge in [-0.3, -0.25) is 14.8 Å². The molecular formula is C9H12N6O2. The number of aryl methyl sites for hydroxylation is 2. The Morgan fingerprint density at radius 3 is 2.94 bits per heavy atom. The van der Waals surface area contributed by atoms with Crippen molar-refractivity contribution in [2.75, 3.05) is 11.1 Å². The van der Waals surface area contributed by atoms with Crippen molar-refractivity contribution in [3.05, 3.63) is 17.7 Å². The van der Waals surface area contributed by atoms with Crippen molar-refractivity contribution < 1.29 is 9.32 Å². The van der Waals surface area contributed by atoms with Crippen molar-refractivity contribution in [1.29, 1.82) is 0 Å². The van der Waals surface area contributed by atoms with Crippen LogP contribution in [0.5, 0.6) is 0 Å². The molecule has 2 aromatic heterocycles. The Morgan fingerprint density at radius 2 is 2.41 bits per heavy atom. The van der Waals surface area contributed by atoms with Crippen LogP contribution in [0.15, 0.2) is 10.7 Å². The number of nitrogens with two attached hydrogens (primary N) is 1. The lowest BCUT2D eigenvalue weighted by Crippen LogP contribution is -2.15. The van der Waals surface area contributed by atoms with E-state index >= 15 is 0 Å². The van der Waals surface area contributed by atoms with E-state index in [1.54, 1.807) is 17.8 Å². The highest BCUT2D eigenvalue weighted by Gasteiger charge is 2.16. The van der Waals surface area contributed by atoms with Gasteiger partial charge in [0, 0.05) is 12.7 Å². The molecule has 0 aliphatic heterocycles. The Bertz CT molecular complexity index is 543. The number of amides is 1. The first-order chi connectivity index (χ1) is 8.10. The number of carbonyl (C=O) groups excluding carboxylic acids is 1. The third kappa shape index (κ3) is 2.25. The summed E-state index contributed by atoms with van der Waals surface area (Å²) in [6.07, 6.45) is 1.59. The number of aromatic nitrogens is 4. The molecule has 0 bridgehead atoms. The quantitative estimate of drug-likeness (QED) is 0.799. The Morgan fingerprint density at radius 1 is 1.65 bits per heavy atom. The van der Waals surface area contributed by atoms with Crippen LogP contribution >= 0.6 is 0 Å². The first-order valence-corrected chi connectivity index (χ1v) is 5.04. The van der Waals surface area contributed by atoms with E-state index in [9.17, 15) is 4.79 Å². The van der Waals surface area contributed by atoms with Gasteiger partial charge in [0.1, 0.15) is 0 Å². The molecule has 0 saturated heterocycles. The van der Waals surface area contributed by atoms with E-state index in [0.29, 0.717) is 18.1 Å². The van der Waals surface area contributed by atoms with Crippen LogP contribution in [-0.4, -0.2) is 25.8 Å². The number of anilines is 2. The van der Waals surface area contributed by atoms with Gasteiger partial charge in [0.15, 0.2) is 11.5 Å². The second kappa shape index (κ2) is 4.24. The smallest absolute Gasteiger partial charge is 0.328 e. The molecule has 0 radical (unpaired) electrons. The Kier molecular flexibility index (Phi) is 2.77. The SMILES string of the molecule is CCn1cc(N)c(C(=O)Nc2nc(C)no2)n1. The van der Waals surface area contributed by atoms with Crippen LogP contribution in [0.2, 0.25) is 0 Å². The number of hydrogen-bond donors (Lipinski definition) is 2. The molecule has 0 fully saturated rings. The summed E-state index contributed by atoms with van der Waals surface area (Å²) in [7, 11) is 0. The maximum absolute atomic E-state index is 11.8. The maximum atomic E-state index is 11.8. The van der Waals surface area contributed by atoms with Crippen LogP contribution in [0.25, 0.3) is 0 Å². The average molecular weight is 236 g/mol. The minimum absolute atomic E-state index is 0.0259. The summed E-state index contributed by atoms with van der Waals surface area (Å²) in [5, 5.41) is 9.99. The molecule has 0 aromatic carbocycles. The molecule has 0 unspecified atom stereocenters. The summed E-state index contributed by atoms with van der Waals surface area (Å²) in [5.41, 5.74) is 6.11. The highest BCUT2D eigenvalue weighted by Crippen LogP contribution is 2.11. The first kappa shape index (κ1) is 11.1. The van der Waals surface area contributed by atoms with E-state index in [0.717, 1.165) is 0 Å². The van der Waals surface area contributed by atoms with Crippen LogP contribution in [0, 0.1) is 6.92 Å². The van der Waals surface area contributed by atoms with E-state index in [-0.39, 0.29) is 11.7 Å². The number of hydrogen-bond acceptors (Lipinski definition) is 6. The van der Waals surface area contributed by atoms with Gasteiger partial charge in [-0.15, -0.1) is 0 Å². The highest BCUT2D eigenvalue weighted by molar-refractivity contribution is 6.05. The Hall–Kier alpha value is -2.38.